The average Bonchev–Trinajstić information content (AvgIpc) is 2.80. The van der Waals surface area contributed by atoms with Gasteiger partial charge in [0.25, 0.3) is 0 Å². The smallest absolute Gasteiger partial charge is 0.391 e. The number of sulfonamides is 1. The molecule has 0 aromatic carbocycles. The zero-order valence-electron chi connectivity index (χ0n) is 7.08. The van der Waals surface area contributed by atoms with Crippen molar-refractivity contribution in [3.05, 3.63) is 0 Å². The summed E-state index contributed by atoms with van der Waals surface area (Å²) in [6.45, 7) is -0.577. The first-order valence-corrected chi connectivity index (χ1v) is 5.46. The summed E-state index contributed by atoms with van der Waals surface area (Å²) in [4.78, 5) is 0. The van der Waals surface area contributed by atoms with Crippen LogP contribution in [-0.4, -0.2) is 31.7 Å². The fourth-order valence-electron chi connectivity index (χ4n) is 0.925. The minimum Gasteiger partial charge on any atom is -0.391 e. The molecule has 0 aliphatic heterocycles. The van der Waals surface area contributed by atoms with Crippen LogP contribution in [0.25, 0.3) is 0 Å². The zero-order valence-corrected chi connectivity index (χ0v) is 7.90. The minimum absolute atomic E-state index is 0.0640. The second-order valence-corrected chi connectivity index (χ2v) is 4.96. The Kier molecular flexibility index (Phi) is 3.07. The largest absolute Gasteiger partial charge is 0.511 e. The van der Waals surface area contributed by atoms with Gasteiger partial charge in [-0.2, -0.15) is 13.2 Å². The van der Waals surface area contributed by atoms with E-state index in [1.165, 1.54) is 4.72 Å². The SMILES string of the molecule is O=S(=O)(NCC(O)C1CC1)C(F)(F)F. The van der Waals surface area contributed by atoms with Gasteiger partial charge in [0.05, 0.1) is 6.10 Å². The van der Waals surface area contributed by atoms with Crippen molar-refractivity contribution >= 4 is 10.0 Å². The fraction of sp³-hybridized carbons (Fsp3) is 1.00. The van der Waals surface area contributed by atoms with Gasteiger partial charge in [0.15, 0.2) is 0 Å². The van der Waals surface area contributed by atoms with E-state index >= 15 is 0 Å². The summed E-state index contributed by atoms with van der Waals surface area (Å²) in [5, 5.41) is 9.12. The Morgan fingerprint density at radius 3 is 2.29 bits per heavy atom. The second kappa shape index (κ2) is 3.67. The van der Waals surface area contributed by atoms with Crippen LogP contribution in [-0.2, 0) is 10.0 Å². The predicted octanol–water partition coefficient (Wildman–Crippen LogP) is 0.196. The molecule has 1 unspecified atom stereocenters. The van der Waals surface area contributed by atoms with Crippen molar-refractivity contribution in [2.45, 2.75) is 24.5 Å². The maximum absolute atomic E-state index is 11.8. The van der Waals surface area contributed by atoms with Crippen molar-refractivity contribution in [1.82, 2.24) is 4.72 Å². The molecule has 4 nitrogen and oxygen atoms in total. The van der Waals surface area contributed by atoms with E-state index in [1.807, 2.05) is 0 Å². The molecule has 0 saturated heterocycles. The summed E-state index contributed by atoms with van der Waals surface area (Å²) < 4.78 is 57.5. The van der Waals surface area contributed by atoms with Crippen molar-refractivity contribution in [3.63, 3.8) is 0 Å². The summed E-state index contributed by atoms with van der Waals surface area (Å²) in [6, 6.07) is 0. The number of nitrogens with one attached hydrogen (secondary N) is 1. The van der Waals surface area contributed by atoms with Crippen LogP contribution in [0.15, 0.2) is 0 Å². The molecule has 14 heavy (non-hydrogen) atoms. The summed E-state index contributed by atoms with van der Waals surface area (Å²) in [5.41, 5.74) is -5.31. The molecule has 0 aromatic heterocycles. The third-order valence-corrected chi connectivity index (χ3v) is 3.11. The van der Waals surface area contributed by atoms with Gasteiger partial charge in [-0.25, -0.2) is 13.1 Å². The van der Waals surface area contributed by atoms with Crippen LogP contribution < -0.4 is 4.72 Å². The van der Waals surface area contributed by atoms with Crippen LogP contribution in [0.2, 0.25) is 0 Å². The maximum Gasteiger partial charge on any atom is 0.511 e. The Bertz CT molecular complexity index is 296. The number of aliphatic hydroxyl groups excluding tert-OH is 1. The molecular formula is C6H10F3NO3S. The molecule has 1 aliphatic carbocycles. The molecule has 0 bridgehead atoms. The molecule has 1 aliphatic rings. The number of hydrogen-bond donors (Lipinski definition) is 2. The number of alkyl halides is 3. The van der Waals surface area contributed by atoms with Gasteiger partial charge in [-0.3, -0.25) is 0 Å². The second-order valence-electron chi connectivity index (χ2n) is 3.20. The van der Waals surface area contributed by atoms with Crippen LogP contribution in [0.1, 0.15) is 12.8 Å². The lowest BCUT2D eigenvalue weighted by molar-refractivity contribution is -0.0450. The molecule has 2 N–H and O–H groups in total. The highest BCUT2D eigenvalue weighted by atomic mass is 32.2. The molecule has 1 rings (SSSR count). The molecule has 1 atom stereocenters. The molecule has 84 valence electrons. The molecule has 8 heteroatoms. The Labute approximate surface area is 79.2 Å². The molecule has 0 amide bonds. The summed E-state index contributed by atoms with van der Waals surface area (Å²) >= 11 is 0. The molecule has 0 radical (unpaired) electrons. The lowest BCUT2D eigenvalue weighted by Crippen LogP contribution is -2.40. The Hall–Kier alpha value is -0.340. The van der Waals surface area contributed by atoms with E-state index in [0.717, 1.165) is 12.8 Å². The van der Waals surface area contributed by atoms with Gasteiger partial charge in [0.1, 0.15) is 0 Å². The van der Waals surface area contributed by atoms with Crippen LogP contribution in [0.3, 0.4) is 0 Å². The van der Waals surface area contributed by atoms with Gasteiger partial charge >= 0.3 is 15.5 Å². The lowest BCUT2D eigenvalue weighted by atomic mass is 10.2. The quantitative estimate of drug-likeness (QED) is 0.728. The first-order valence-electron chi connectivity index (χ1n) is 3.98. The third-order valence-electron chi connectivity index (χ3n) is 1.95. The van der Waals surface area contributed by atoms with Crippen molar-refractivity contribution in [2.75, 3.05) is 6.54 Å². The molecular weight excluding hydrogens is 223 g/mol. The highest BCUT2D eigenvalue weighted by molar-refractivity contribution is 7.90. The van der Waals surface area contributed by atoms with Crippen molar-refractivity contribution < 1.29 is 26.7 Å². The zero-order chi connectivity index (χ0) is 11.0. The maximum atomic E-state index is 11.8. The van der Waals surface area contributed by atoms with E-state index in [0.29, 0.717) is 0 Å². The van der Waals surface area contributed by atoms with Gasteiger partial charge in [0.2, 0.25) is 0 Å². The fourth-order valence-corrected chi connectivity index (χ4v) is 1.48. The van der Waals surface area contributed by atoms with Gasteiger partial charge in [0, 0.05) is 6.54 Å². The van der Waals surface area contributed by atoms with E-state index in [-0.39, 0.29) is 5.92 Å². The van der Waals surface area contributed by atoms with Crippen LogP contribution in [0.4, 0.5) is 13.2 Å². The van der Waals surface area contributed by atoms with Gasteiger partial charge in [-0.1, -0.05) is 0 Å². The van der Waals surface area contributed by atoms with Gasteiger partial charge < -0.3 is 5.11 Å². The summed E-state index contributed by atoms with van der Waals surface area (Å²) in [5.74, 6) is -0.0640. The first kappa shape index (κ1) is 11.7. The third kappa shape index (κ3) is 2.82. The van der Waals surface area contributed by atoms with Gasteiger partial charge in [-0.05, 0) is 18.8 Å². The number of rotatable bonds is 4. The Balaban J connectivity index is 2.43. The first-order chi connectivity index (χ1) is 6.24. The monoisotopic (exact) mass is 233 g/mol. The van der Waals surface area contributed by atoms with Crippen molar-refractivity contribution in [3.8, 4) is 0 Å². The van der Waals surface area contributed by atoms with Gasteiger partial charge in [-0.15, -0.1) is 0 Å². The van der Waals surface area contributed by atoms with E-state index in [2.05, 4.69) is 0 Å². The van der Waals surface area contributed by atoms with Crippen LogP contribution in [0, 0.1) is 5.92 Å². The van der Waals surface area contributed by atoms with E-state index < -0.39 is 28.2 Å². The minimum atomic E-state index is -5.31. The lowest BCUT2D eigenvalue weighted by Gasteiger charge is -2.12. The van der Waals surface area contributed by atoms with Crippen molar-refractivity contribution in [1.29, 1.82) is 0 Å². The topological polar surface area (TPSA) is 66.4 Å². The molecule has 0 aromatic rings. The molecule has 0 spiro atoms. The molecule has 1 fully saturated rings. The van der Waals surface area contributed by atoms with Crippen LogP contribution in [0.5, 0.6) is 0 Å². The summed E-state index contributed by atoms with van der Waals surface area (Å²) in [6.07, 6.45) is 0.441. The van der Waals surface area contributed by atoms with Crippen molar-refractivity contribution in [2.24, 2.45) is 5.92 Å². The van der Waals surface area contributed by atoms with E-state index in [1.54, 1.807) is 0 Å². The van der Waals surface area contributed by atoms with E-state index in [9.17, 15) is 21.6 Å². The predicted molar refractivity (Wildman–Crippen MR) is 41.7 cm³/mol. The highest BCUT2D eigenvalue weighted by Crippen LogP contribution is 2.32. The summed E-state index contributed by atoms with van der Waals surface area (Å²) in [7, 11) is -5.31. The number of halogens is 3. The van der Waals surface area contributed by atoms with E-state index in [4.69, 9.17) is 5.11 Å². The Morgan fingerprint density at radius 2 is 1.93 bits per heavy atom. The number of hydrogen-bond acceptors (Lipinski definition) is 3. The normalized spacial score (nSPS) is 20.9. The molecule has 1 saturated carbocycles. The molecule has 0 heterocycles. The standard InChI is InChI=1S/C6H10F3NO3S/c7-6(8,9)14(12,13)10-3-5(11)4-1-2-4/h4-5,10-11H,1-3H2. The Morgan fingerprint density at radius 1 is 1.43 bits per heavy atom. The number of aliphatic hydroxyl groups is 1. The highest BCUT2D eigenvalue weighted by Gasteiger charge is 2.46. The average molecular weight is 233 g/mol. The van der Waals surface area contributed by atoms with Crippen LogP contribution >= 0.6 is 0 Å².